The standard InChI is InChI=1S/C9H12IN/c1-6-4-8(10)5-7(2)9(6)11-3/h4-5,11H,1-3H3/i3D3. The fourth-order valence-electron chi connectivity index (χ4n) is 1.11. The van der Waals surface area contributed by atoms with E-state index in [-0.39, 0.29) is 0 Å². The van der Waals surface area contributed by atoms with E-state index in [9.17, 15) is 0 Å². The zero-order chi connectivity index (χ0) is 10.9. The molecule has 0 amide bonds. The van der Waals surface area contributed by atoms with E-state index in [0.29, 0.717) is 5.69 Å². The Balaban J connectivity index is 3.09. The van der Waals surface area contributed by atoms with Gasteiger partial charge in [0.2, 0.25) is 0 Å². The Hall–Kier alpha value is -0.250. The molecule has 0 atom stereocenters. The number of hydrogen-bond donors (Lipinski definition) is 1. The van der Waals surface area contributed by atoms with E-state index in [1.54, 1.807) is 0 Å². The maximum Gasteiger partial charge on any atom is 0.0453 e. The normalized spacial score (nSPS) is 15.0. The summed E-state index contributed by atoms with van der Waals surface area (Å²) in [5, 5.41) is 2.54. The molecule has 60 valence electrons. The maximum atomic E-state index is 7.14. The van der Waals surface area contributed by atoms with Crippen LogP contribution in [0.2, 0.25) is 0 Å². The lowest BCUT2D eigenvalue weighted by Crippen LogP contribution is -1.95. The molecule has 0 aromatic heterocycles. The Labute approximate surface area is 85.6 Å². The average molecular weight is 264 g/mol. The topological polar surface area (TPSA) is 12.0 Å². The van der Waals surface area contributed by atoms with Crippen LogP contribution >= 0.6 is 22.6 Å². The molecule has 0 bridgehead atoms. The van der Waals surface area contributed by atoms with Gasteiger partial charge in [0, 0.05) is 20.3 Å². The molecule has 1 aromatic carbocycles. The number of hydrogen-bond acceptors (Lipinski definition) is 1. The van der Waals surface area contributed by atoms with Crippen molar-refractivity contribution < 1.29 is 4.11 Å². The minimum atomic E-state index is -2.12. The zero-order valence-corrected chi connectivity index (χ0v) is 8.69. The quantitative estimate of drug-likeness (QED) is 0.769. The third kappa shape index (κ3) is 1.86. The Morgan fingerprint density at radius 1 is 1.36 bits per heavy atom. The molecule has 0 saturated heterocycles. The first kappa shape index (κ1) is 5.41. The van der Waals surface area contributed by atoms with Gasteiger partial charge in [0.15, 0.2) is 0 Å². The molecule has 1 N–H and O–H groups in total. The number of anilines is 1. The molecule has 0 radical (unpaired) electrons. The molecule has 0 unspecified atom stereocenters. The van der Waals surface area contributed by atoms with Crippen molar-refractivity contribution in [3.63, 3.8) is 0 Å². The summed E-state index contributed by atoms with van der Waals surface area (Å²) in [6.45, 7) is 1.69. The van der Waals surface area contributed by atoms with E-state index in [4.69, 9.17) is 4.11 Å². The molecule has 0 aliphatic rings. The van der Waals surface area contributed by atoms with E-state index in [2.05, 4.69) is 27.9 Å². The predicted molar refractivity (Wildman–Crippen MR) is 58.2 cm³/mol. The van der Waals surface area contributed by atoms with Gasteiger partial charge in [-0.2, -0.15) is 0 Å². The lowest BCUT2D eigenvalue weighted by atomic mass is 10.1. The third-order valence-corrected chi connectivity index (χ3v) is 2.25. The smallest absolute Gasteiger partial charge is 0.0453 e. The number of benzene rings is 1. The molecule has 0 heterocycles. The maximum absolute atomic E-state index is 7.14. The van der Waals surface area contributed by atoms with E-state index < -0.39 is 6.98 Å². The molecule has 0 aliphatic carbocycles. The van der Waals surface area contributed by atoms with Gasteiger partial charge in [-0.3, -0.25) is 0 Å². The summed E-state index contributed by atoms with van der Waals surface area (Å²) < 4.78 is 22.5. The van der Waals surface area contributed by atoms with Crippen molar-refractivity contribution in [2.45, 2.75) is 13.8 Å². The molecule has 0 saturated carbocycles. The first-order valence-electron chi connectivity index (χ1n) is 4.84. The SMILES string of the molecule is [2H]C([2H])([2H])Nc1c(C)cc(I)cc1C. The first-order chi connectivity index (χ1) is 6.29. The van der Waals surface area contributed by atoms with Gasteiger partial charge in [-0.25, -0.2) is 0 Å². The summed E-state index contributed by atoms with van der Waals surface area (Å²) >= 11 is 2.22. The minimum absolute atomic E-state index is 0.713. The lowest BCUT2D eigenvalue weighted by Gasteiger charge is -2.08. The lowest BCUT2D eigenvalue weighted by molar-refractivity contribution is 1.32. The summed E-state index contributed by atoms with van der Waals surface area (Å²) in [6, 6.07) is 3.92. The van der Waals surface area contributed by atoms with Crippen LogP contribution in [0.15, 0.2) is 12.1 Å². The molecule has 0 fully saturated rings. The molecule has 0 spiro atoms. The molecular weight excluding hydrogens is 249 g/mol. The van der Waals surface area contributed by atoms with Crippen molar-refractivity contribution >= 4 is 28.3 Å². The second kappa shape index (κ2) is 3.43. The average Bonchev–Trinajstić information content (AvgIpc) is 1.95. The van der Waals surface area contributed by atoms with Crippen LogP contribution < -0.4 is 5.32 Å². The molecule has 1 aromatic rings. The third-order valence-electron chi connectivity index (χ3n) is 1.62. The summed E-state index contributed by atoms with van der Waals surface area (Å²) in [7, 11) is 0. The van der Waals surface area contributed by atoms with Crippen LogP contribution in [-0.4, -0.2) is 6.98 Å². The van der Waals surface area contributed by atoms with Crippen LogP contribution in [0.25, 0.3) is 0 Å². The van der Waals surface area contributed by atoms with Gasteiger partial charge in [0.05, 0.1) is 0 Å². The van der Waals surface area contributed by atoms with Crippen LogP contribution in [0.1, 0.15) is 15.2 Å². The van der Waals surface area contributed by atoms with Crippen molar-refractivity contribution in [1.82, 2.24) is 0 Å². The predicted octanol–water partition coefficient (Wildman–Crippen LogP) is 2.95. The summed E-state index contributed by atoms with van der Waals surface area (Å²) in [5.74, 6) is 0. The fourth-order valence-corrected chi connectivity index (χ4v) is 2.04. The highest BCUT2D eigenvalue weighted by molar-refractivity contribution is 14.1. The molecule has 0 aliphatic heterocycles. The molecule has 1 nitrogen and oxygen atoms in total. The molecule has 2 heteroatoms. The van der Waals surface area contributed by atoms with Crippen LogP contribution in [0.5, 0.6) is 0 Å². The van der Waals surface area contributed by atoms with Crippen LogP contribution in [0.4, 0.5) is 5.69 Å². The van der Waals surface area contributed by atoms with Gasteiger partial charge >= 0.3 is 0 Å². The Bertz CT molecular complexity index is 323. The fraction of sp³-hybridized carbons (Fsp3) is 0.333. The van der Waals surface area contributed by atoms with E-state index >= 15 is 0 Å². The minimum Gasteiger partial charge on any atom is -0.388 e. The van der Waals surface area contributed by atoms with Crippen molar-refractivity contribution in [3.8, 4) is 0 Å². The molecule has 1 rings (SSSR count). The Morgan fingerprint density at radius 3 is 2.36 bits per heavy atom. The van der Waals surface area contributed by atoms with Crippen molar-refractivity contribution in [1.29, 1.82) is 0 Å². The Kier molecular flexibility index (Phi) is 1.69. The van der Waals surface area contributed by atoms with Crippen LogP contribution in [-0.2, 0) is 0 Å². The number of halogens is 1. The van der Waals surface area contributed by atoms with Crippen molar-refractivity contribution in [2.75, 3.05) is 12.3 Å². The van der Waals surface area contributed by atoms with Crippen molar-refractivity contribution in [2.24, 2.45) is 0 Å². The van der Waals surface area contributed by atoms with Gasteiger partial charge in [-0.05, 0) is 59.7 Å². The summed E-state index contributed by atoms with van der Waals surface area (Å²) in [4.78, 5) is 0. The largest absolute Gasteiger partial charge is 0.388 e. The number of aryl methyl sites for hydroxylation is 2. The van der Waals surface area contributed by atoms with Crippen molar-refractivity contribution in [3.05, 3.63) is 26.8 Å². The van der Waals surface area contributed by atoms with Crippen LogP contribution in [0, 0.1) is 17.4 Å². The highest BCUT2D eigenvalue weighted by Crippen LogP contribution is 2.22. The number of rotatable bonds is 1. The second-order valence-electron chi connectivity index (χ2n) is 2.54. The van der Waals surface area contributed by atoms with E-state index in [1.807, 2.05) is 26.0 Å². The zero-order valence-electron chi connectivity index (χ0n) is 9.53. The first-order valence-corrected chi connectivity index (χ1v) is 4.42. The highest BCUT2D eigenvalue weighted by atomic mass is 127. The summed E-state index contributed by atoms with van der Waals surface area (Å²) in [6.07, 6.45) is 0. The van der Waals surface area contributed by atoms with E-state index in [0.717, 1.165) is 14.7 Å². The highest BCUT2D eigenvalue weighted by Gasteiger charge is 2.00. The molecule has 11 heavy (non-hydrogen) atoms. The van der Waals surface area contributed by atoms with Gasteiger partial charge < -0.3 is 5.32 Å². The van der Waals surface area contributed by atoms with Crippen LogP contribution in [0.3, 0.4) is 0 Å². The molecular formula is C9H12IN. The summed E-state index contributed by atoms with van der Waals surface area (Å²) in [5.41, 5.74) is 2.64. The monoisotopic (exact) mass is 264 g/mol. The van der Waals surface area contributed by atoms with Gasteiger partial charge in [-0.1, -0.05) is 0 Å². The van der Waals surface area contributed by atoms with E-state index in [1.165, 1.54) is 0 Å². The Morgan fingerprint density at radius 2 is 1.91 bits per heavy atom. The van der Waals surface area contributed by atoms with Gasteiger partial charge in [-0.15, -0.1) is 0 Å². The van der Waals surface area contributed by atoms with Gasteiger partial charge in [0.1, 0.15) is 0 Å². The van der Waals surface area contributed by atoms with Gasteiger partial charge in [0.25, 0.3) is 0 Å². The number of nitrogens with one attached hydrogen (secondary N) is 1. The second-order valence-corrected chi connectivity index (χ2v) is 3.79.